The molecule has 0 radical (unpaired) electrons. The van der Waals surface area contributed by atoms with E-state index in [-0.39, 0.29) is 6.61 Å². The third-order valence-electron chi connectivity index (χ3n) is 4.15. The lowest BCUT2D eigenvalue weighted by atomic mass is 10.3. The molecule has 0 amide bonds. The van der Waals surface area contributed by atoms with Crippen LogP contribution in [-0.2, 0) is 13.1 Å². The van der Waals surface area contributed by atoms with Crippen LogP contribution in [0.2, 0.25) is 0 Å². The Morgan fingerprint density at radius 2 is 2.14 bits per heavy atom. The summed E-state index contributed by atoms with van der Waals surface area (Å²) >= 11 is 1.72. The van der Waals surface area contributed by atoms with Crippen molar-refractivity contribution in [3.8, 4) is 0 Å². The summed E-state index contributed by atoms with van der Waals surface area (Å²) in [4.78, 5) is 2.25. The van der Waals surface area contributed by atoms with Gasteiger partial charge in [0.2, 0.25) is 0 Å². The summed E-state index contributed by atoms with van der Waals surface area (Å²) in [5, 5.41) is 18.3. The van der Waals surface area contributed by atoms with Crippen LogP contribution in [0.25, 0.3) is 0 Å². The summed E-state index contributed by atoms with van der Waals surface area (Å²) in [6.07, 6.45) is 7.29. The molecule has 1 aliphatic carbocycles. The Kier molecular flexibility index (Phi) is 5.06. The van der Waals surface area contributed by atoms with E-state index in [0.29, 0.717) is 12.6 Å². The summed E-state index contributed by atoms with van der Waals surface area (Å²) in [6, 6.07) is 4.87. The van der Waals surface area contributed by atoms with Gasteiger partial charge in [0.25, 0.3) is 0 Å². The van der Waals surface area contributed by atoms with Gasteiger partial charge in [-0.15, -0.1) is 0 Å². The van der Waals surface area contributed by atoms with E-state index in [2.05, 4.69) is 38.7 Å². The summed E-state index contributed by atoms with van der Waals surface area (Å²) in [5.41, 5.74) is 2.41. The monoisotopic (exact) mass is 305 g/mol. The lowest BCUT2D eigenvalue weighted by Gasteiger charge is -2.19. The molecule has 3 rings (SSSR count). The van der Waals surface area contributed by atoms with E-state index in [1.165, 1.54) is 31.2 Å². The number of thiophene rings is 1. The van der Waals surface area contributed by atoms with Gasteiger partial charge in [0.15, 0.2) is 0 Å². The summed E-state index contributed by atoms with van der Waals surface area (Å²) in [6.45, 7) is 2.55. The van der Waals surface area contributed by atoms with Gasteiger partial charge < -0.3 is 5.11 Å². The largest absolute Gasteiger partial charge is 0.395 e. The second-order valence-corrected chi connectivity index (χ2v) is 6.57. The zero-order valence-electron chi connectivity index (χ0n) is 12.3. The second kappa shape index (κ2) is 7.20. The van der Waals surface area contributed by atoms with Crippen molar-refractivity contribution in [2.75, 3.05) is 13.2 Å². The van der Waals surface area contributed by atoms with Crippen LogP contribution in [0.15, 0.2) is 29.1 Å². The maximum Gasteiger partial charge on any atom is 0.0765 e. The fourth-order valence-electron chi connectivity index (χ4n) is 3.06. The molecular formula is C16H23N3OS. The maximum atomic E-state index is 9.26. The van der Waals surface area contributed by atoms with Gasteiger partial charge in [-0.2, -0.15) is 16.4 Å². The number of aliphatic hydroxyl groups excluding tert-OH is 1. The molecule has 1 saturated carbocycles. The van der Waals surface area contributed by atoms with Crippen LogP contribution >= 0.6 is 11.3 Å². The zero-order valence-corrected chi connectivity index (χ0v) is 13.1. The van der Waals surface area contributed by atoms with Gasteiger partial charge >= 0.3 is 0 Å². The number of hydrogen-bond acceptors (Lipinski definition) is 4. The van der Waals surface area contributed by atoms with Crippen molar-refractivity contribution in [1.82, 2.24) is 14.7 Å². The molecule has 4 nitrogen and oxygen atoms in total. The van der Waals surface area contributed by atoms with Crippen molar-refractivity contribution in [1.29, 1.82) is 0 Å². The lowest BCUT2D eigenvalue weighted by molar-refractivity contribution is 0.182. The molecule has 1 fully saturated rings. The number of nitrogens with zero attached hydrogens (tertiary/aromatic N) is 3. The minimum Gasteiger partial charge on any atom is -0.395 e. The molecule has 0 aliphatic heterocycles. The van der Waals surface area contributed by atoms with E-state index >= 15 is 0 Å². The highest BCUT2D eigenvalue weighted by molar-refractivity contribution is 7.07. The SMILES string of the molecule is OCCN(Cc1ccsc1)Cc1ccn(C2CCCC2)n1. The highest BCUT2D eigenvalue weighted by Crippen LogP contribution is 2.28. The molecule has 114 valence electrons. The van der Waals surface area contributed by atoms with Crippen LogP contribution in [0.1, 0.15) is 43.0 Å². The number of rotatable bonds is 7. The molecule has 2 heterocycles. The average molecular weight is 305 g/mol. The summed E-state index contributed by atoms with van der Waals surface area (Å²) < 4.78 is 2.14. The highest BCUT2D eigenvalue weighted by Gasteiger charge is 2.18. The van der Waals surface area contributed by atoms with Gasteiger partial charge in [-0.3, -0.25) is 9.58 Å². The molecule has 0 bridgehead atoms. The molecule has 2 aromatic rings. The van der Waals surface area contributed by atoms with Crippen LogP contribution in [-0.4, -0.2) is 32.9 Å². The Balaban J connectivity index is 1.62. The quantitative estimate of drug-likeness (QED) is 0.855. The first-order chi connectivity index (χ1) is 10.3. The minimum atomic E-state index is 0.188. The first-order valence-electron chi connectivity index (χ1n) is 7.73. The van der Waals surface area contributed by atoms with Gasteiger partial charge in [0.05, 0.1) is 18.3 Å². The van der Waals surface area contributed by atoms with E-state index in [0.717, 1.165) is 18.8 Å². The van der Waals surface area contributed by atoms with Crippen LogP contribution in [0.3, 0.4) is 0 Å². The third-order valence-corrected chi connectivity index (χ3v) is 4.88. The number of aromatic nitrogens is 2. The highest BCUT2D eigenvalue weighted by atomic mass is 32.1. The van der Waals surface area contributed by atoms with Gasteiger partial charge in [0.1, 0.15) is 0 Å². The van der Waals surface area contributed by atoms with E-state index in [1.54, 1.807) is 11.3 Å². The van der Waals surface area contributed by atoms with Crippen LogP contribution < -0.4 is 0 Å². The van der Waals surface area contributed by atoms with Crippen molar-refractivity contribution in [2.45, 2.75) is 44.8 Å². The molecule has 5 heteroatoms. The van der Waals surface area contributed by atoms with Crippen molar-refractivity contribution in [3.63, 3.8) is 0 Å². The molecule has 0 unspecified atom stereocenters. The topological polar surface area (TPSA) is 41.3 Å². The maximum absolute atomic E-state index is 9.26. The van der Waals surface area contributed by atoms with Gasteiger partial charge in [-0.25, -0.2) is 0 Å². The Morgan fingerprint density at radius 1 is 1.29 bits per heavy atom. The molecule has 0 saturated heterocycles. The fraction of sp³-hybridized carbons (Fsp3) is 0.562. The molecule has 2 aromatic heterocycles. The standard InChI is InChI=1S/C16H23N3OS/c20-9-8-18(11-14-6-10-21-13-14)12-15-5-7-19(17-15)16-3-1-2-4-16/h5-7,10,13,16,20H,1-4,8-9,11-12H2. The minimum absolute atomic E-state index is 0.188. The van der Waals surface area contributed by atoms with Gasteiger partial charge in [0, 0.05) is 25.8 Å². The average Bonchev–Trinajstić information content (AvgIpc) is 3.21. The summed E-state index contributed by atoms with van der Waals surface area (Å²) in [7, 11) is 0. The normalized spacial score (nSPS) is 16.1. The molecule has 1 N–H and O–H groups in total. The Bertz CT molecular complexity index is 531. The summed E-state index contributed by atoms with van der Waals surface area (Å²) in [5.74, 6) is 0. The Hall–Kier alpha value is -1.17. The Morgan fingerprint density at radius 3 is 2.86 bits per heavy atom. The lowest BCUT2D eigenvalue weighted by Crippen LogP contribution is -2.26. The molecular weight excluding hydrogens is 282 g/mol. The van der Waals surface area contributed by atoms with Crippen molar-refractivity contribution >= 4 is 11.3 Å². The van der Waals surface area contributed by atoms with E-state index in [4.69, 9.17) is 5.10 Å². The molecule has 1 aliphatic rings. The smallest absolute Gasteiger partial charge is 0.0765 e. The Labute approximate surface area is 130 Å². The first kappa shape index (κ1) is 14.8. The van der Waals surface area contributed by atoms with E-state index in [9.17, 15) is 5.11 Å². The fourth-order valence-corrected chi connectivity index (χ4v) is 3.72. The van der Waals surface area contributed by atoms with Crippen molar-refractivity contribution in [3.05, 3.63) is 40.3 Å². The predicted molar refractivity (Wildman–Crippen MR) is 85.3 cm³/mol. The zero-order chi connectivity index (χ0) is 14.5. The van der Waals surface area contributed by atoms with Gasteiger partial charge in [-0.05, 0) is 41.3 Å². The van der Waals surface area contributed by atoms with Crippen LogP contribution in [0.4, 0.5) is 0 Å². The van der Waals surface area contributed by atoms with Crippen molar-refractivity contribution in [2.24, 2.45) is 0 Å². The number of aliphatic hydroxyl groups is 1. The second-order valence-electron chi connectivity index (χ2n) is 5.79. The molecule has 0 spiro atoms. The first-order valence-corrected chi connectivity index (χ1v) is 8.68. The van der Waals surface area contributed by atoms with Crippen LogP contribution in [0, 0.1) is 0 Å². The van der Waals surface area contributed by atoms with Crippen molar-refractivity contribution < 1.29 is 5.11 Å². The van der Waals surface area contributed by atoms with E-state index < -0.39 is 0 Å². The van der Waals surface area contributed by atoms with Crippen LogP contribution in [0.5, 0.6) is 0 Å². The molecule has 0 atom stereocenters. The van der Waals surface area contributed by atoms with E-state index in [1.807, 2.05) is 0 Å². The van der Waals surface area contributed by atoms with Gasteiger partial charge in [-0.1, -0.05) is 12.8 Å². The predicted octanol–water partition coefficient (Wildman–Crippen LogP) is 3.05. The molecule has 0 aromatic carbocycles. The number of hydrogen-bond donors (Lipinski definition) is 1. The third kappa shape index (κ3) is 3.93. The molecule has 21 heavy (non-hydrogen) atoms.